The summed E-state index contributed by atoms with van der Waals surface area (Å²) in [5, 5.41) is 0. The van der Waals surface area contributed by atoms with Crippen LogP contribution in [0.2, 0.25) is 0 Å². The second-order valence-corrected chi connectivity index (χ2v) is 5.96. The van der Waals surface area contributed by atoms with Gasteiger partial charge < -0.3 is 15.5 Å². The second kappa shape index (κ2) is 8.28. The monoisotopic (exact) mass is 336 g/mol. The maximum Gasteiger partial charge on any atom is 0.225 e. The average Bonchev–Trinajstić information content (AvgIpc) is 2.69. The van der Waals surface area contributed by atoms with Crippen molar-refractivity contribution >= 4 is 18.0 Å². The van der Waals surface area contributed by atoms with Crippen LogP contribution in [0.3, 0.4) is 0 Å². The minimum atomic E-state index is 0.622. The molecule has 1 aliphatic heterocycles. The Morgan fingerprint density at radius 2 is 1.80 bits per heavy atom. The van der Waals surface area contributed by atoms with E-state index in [-0.39, 0.29) is 0 Å². The molecule has 1 aromatic carbocycles. The average molecular weight is 336 g/mol. The number of hydrogen-bond acceptors (Lipinski definition) is 4. The molecule has 6 nitrogen and oxygen atoms in total. The Morgan fingerprint density at radius 3 is 2.44 bits per heavy atom. The first-order chi connectivity index (χ1) is 12.3. The Morgan fingerprint density at radius 1 is 1.12 bits per heavy atom. The van der Waals surface area contributed by atoms with E-state index in [9.17, 15) is 0 Å². The topological polar surface area (TPSA) is 70.6 Å². The van der Waals surface area contributed by atoms with Crippen molar-refractivity contribution in [2.45, 2.75) is 6.42 Å². The number of aromatic nitrogens is 2. The maximum absolute atomic E-state index is 6.16. The maximum atomic E-state index is 6.16. The van der Waals surface area contributed by atoms with E-state index in [4.69, 9.17) is 5.73 Å². The molecule has 1 fully saturated rings. The van der Waals surface area contributed by atoms with Gasteiger partial charge in [0.25, 0.3) is 0 Å². The first kappa shape index (κ1) is 17.0. The van der Waals surface area contributed by atoms with E-state index in [1.165, 1.54) is 5.56 Å². The molecule has 0 amide bonds. The Hall–Kier alpha value is -2.89. The number of rotatable bonds is 5. The Bertz CT molecular complexity index is 702. The summed E-state index contributed by atoms with van der Waals surface area (Å²) < 4.78 is 0. The van der Waals surface area contributed by atoms with Crippen molar-refractivity contribution in [3.63, 3.8) is 0 Å². The van der Waals surface area contributed by atoms with Gasteiger partial charge in [0.1, 0.15) is 0 Å². The van der Waals surface area contributed by atoms with Crippen LogP contribution in [0.15, 0.2) is 54.3 Å². The van der Waals surface area contributed by atoms with Crippen molar-refractivity contribution in [1.29, 1.82) is 0 Å². The molecule has 0 aliphatic carbocycles. The summed E-state index contributed by atoms with van der Waals surface area (Å²) in [6.45, 7) is 7.83. The largest absolute Gasteiger partial charge is 0.370 e. The normalized spacial score (nSPS) is 15.3. The van der Waals surface area contributed by atoms with Crippen molar-refractivity contribution in [2.75, 3.05) is 37.6 Å². The van der Waals surface area contributed by atoms with Gasteiger partial charge in [-0.25, -0.2) is 9.97 Å². The van der Waals surface area contributed by atoms with Gasteiger partial charge in [0, 0.05) is 45.1 Å². The third-order valence-corrected chi connectivity index (χ3v) is 4.33. The molecule has 6 heteroatoms. The summed E-state index contributed by atoms with van der Waals surface area (Å²) in [7, 11) is 0. The Balaban J connectivity index is 1.47. The number of guanidine groups is 1. The lowest BCUT2D eigenvalue weighted by Gasteiger charge is -2.35. The summed E-state index contributed by atoms with van der Waals surface area (Å²) in [5.74, 6) is 1.40. The van der Waals surface area contributed by atoms with Crippen LogP contribution < -0.4 is 10.6 Å². The summed E-state index contributed by atoms with van der Waals surface area (Å²) in [4.78, 5) is 17.4. The van der Waals surface area contributed by atoms with Gasteiger partial charge in [-0.2, -0.15) is 0 Å². The molecule has 0 spiro atoms. The molecule has 25 heavy (non-hydrogen) atoms. The summed E-state index contributed by atoms with van der Waals surface area (Å²) in [6.07, 6.45) is 6.27. The van der Waals surface area contributed by atoms with Gasteiger partial charge in [-0.1, -0.05) is 36.9 Å². The molecule has 2 heterocycles. The number of nitrogens with two attached hydrogens (primary N) is 1. The Kier molecular flexibility index (Phi) is 5.61. The minimum absolute atomic E-state index is 0.622. The molecule has 1 aliphatic rings. The van der Waals surface area contributed by atoms with Gasteiger partial charge in [-0.15, -0.1) is 0 Å². The number of benzene rings is 1. The van der Waals surface area contributed by atoms with E-state index in [2.05, 4.69) is 55.6 Å². The van der Waals surface area contributed by atoms with Crippen molar-refractivity contribution in [3.8, 4) is 0 Å². The lowest BCUT2D eigenvalue weighted by atomic mass is 10.1. The lowest BCUT2D eigenvalue weighted by molar-refractivity contribution is 0.378. The fourth-order valence-corrected chi connectivity index (χ4v) is 2.81. The van der Waals surface area contributed by atoms with Crippen LogP contribution in [0.25, 0.3) is 6.08 Å². The molecule has 0 atom stereocenters. The Labute approximate surface area is 148 Å². The zero-order valence-electron chi connectivity index (χ0n) is 14.4. The van der Waals surface area contributed by atoms with Crippen LogP contribution in [0.1, 0.15) is 11.1 Å². The van der Waals surface area contributed by atoms with Crippen molar-refractivity contribution in [1.82, 2.24) is 14.9 Å². The number of aliphatic imine (C=N–C) groups is 1. The van der Waals surface area contributed by atoms with Gasteiger partial charge in [-0.3, -0.25) is 4.99 Å². The molecule has 0 radical (unpaired) electrons. The van der Waals surface area contributed by atoms with Crippen molar-refractivity contribution in [3.05, 3.63) is 60.4 Å². The van der Waals surface area contributed by atoms with Crippen LogP contribution >= 0.6 is 0 Å². The third-order valence-electron chi connectivity index (χ3n) is 4.33. The van der Waals surface area contributed by atoms with Gasteiger partial charge in [0.15, 0.2) is 5.96 Å². The van der Waals surface area contributed by atoms with E-state index in [1.807, 2.05) is 12.1 Å². The molecule has 2 N–H and O–H groups in total. The molecule has 3 rings (SSSR count). The van der Waals surface area contributed by atoms with Crippen molar-refractivity contribution < 1.29 is 0 Å². The number of nitrogens with zero attached hydrogens (tertiary/aromatic N) is 5. The first-order valence-corrected chi connectivity index (χ1v) is 8.54. The standard InChI is InChI=1S/C19H24N6/c1-2-16-4-6-17(7-5-16)8-11-21-18(20)24-12-14-25(15-13-24)19-22-9-3-10-23-19/h2-7,9-10H,1,8,11-15H2,(H2,20,21). The molecule has 1 saturated heterocycles. The van der Waals surface area contributed by atoms with Gasteiger partial charge in [0.05, 0.1) is 0 Å². The summed E-state index contributed by atoms with van der Waals surface area (Å²) in [5.41, 5.74) is 8.54. The quantitative estimate of drug-likeness (QED) is 0.666. The van der Waals surface area contributed by atoms with Crippen molar-refractivity contribution in [2.24, 2.45) is 10.7 Å². The van der Waals surface area contributed by atoms with Crippen LogP contribution in [-0.2, 0) is 6.42 Å². The van der Waals surface area contributed by atoms with Crippen LogP contribution in [0, 0.1) is 0 Å². The zero-order valence-corrected chi connectivity index (χ0v) is 14.4. The SMILES string of the molecule is C=Cc1ccc(CCN=C(N)N2CCN(c3ncccn3)CC2)cc1. The highest BCUT2D eigenvalue weighted by molar-refractivity contribution is 5.78. The zero-order chi connectivity index (χ0) is 17.5. The van der Waals surface area contributed by atoms with E-state index in [0.717, 1.165) is 44.1 Å². The molecule has 0 bridgehead atoms. The molecule has 0 saturated carbocycles. The number of piperazine rings is 1. The molecule has 130 valence electrons. The highest BCUT2D eigenvalue weighted by Crippen LogP contribution is 2.10. The van der Waals surface area contributed by atoms with Gasteiger partial charge in [-0.05, 0) is 23.6 Å². The van der Waals surface area contributed by atoms with E-state index < -0.39 is 0 Å². The van der Waals surface area contributed by atoms with E-state index in [1.54, 1.807) is 12.4 Å². The predicted octanol–water partition coefficient (Wildman–Crippen LogP) is 1.80. The fourth-order valence-electron chi connectivity index (χ4n) is 2.81. The molecular formula is C19H24N6. The molecular weight excluding hydrogens is 312 g/mol. The summed E-state index contributed by atoms with van der Waals surface area (Å²) in [6, 6.07) is 10.2. The highest BCUT2D eigenvalue weighted by atomic mass is 15.3. The minimum Gasteiger partial charge on any atom is -0.370 e. The van der Waals surface area contributed by atoms with Crippen LogP contribution in [-0.4, -0.2) is 53.6 Å². The van der Waals surface area contributed by atoms with Crippen LogP contribution in [0.5, 0.6) is 0 Å². The van der Waals surface area contributed by atoms with E-state index >= 15 is 0 Å². The highest BCUT2D eigenvalue weighted by Gasteiger charge is 2.19. The number of anilines is 1. The smallest absolute Gasteiger partial charge is 0.225 e. The fraction of sp³-hybridized carbons (Fsp3) is 0.316. The first-order valence-electron chi connectivity index (χ1n) is 8.54. The second-order valence-electron chi connectivity index (χ2n) is 5.96. The molecule has 1 aromatic heterocycles. The predicted molar refractivity (Wildman–Crippen MR) is 103 cm³/mol. The third kappa shape index (κ3) is 4.56. The van der Waals surface area contributed by atoms with Crippen LogP contribution in [0.4, 0.5) is 5.95 Å². The molecule has 0 unspecified atom stereocenters. The molecule has 2 aromatic rings. The van der Waals surface area contributed by atoms with E-state index in [0.29, 0.717) is 12.5 Å². The number of hydrogen-bond donors (Lipinski definition) is 1. The summed E-state index contributed by atoms with van der Waals surface area (Å²) >= 11 is 0. The lowest BCUT2D eigenvalue weighted by Crippen LogP contribution is -2.51. The van der Waals surface area contributed by atoms with Gasteiger partial charge >= 0.3 is 0 Å². The van der Waals surface area contributed by atoms with Gasteiger partial charge in [0.2, 0.25) is 5.95 Å².